The van der Waals surface area contributed by atoms with Gasteiger partial charge in [-0.05, 0) is 30.2 Å². The first-order valence-corrected chi connectivity index (χ1v) is 9.71. The van der Waals surface area contributed by atoms with Crippen LogP contribution in [0.5, 0.6) is 11.5 Å². The molecule has 1 aromatic carbocycles. The first kappa shape index (κ1) is 21.3. The maximum absolute atomic E-state index is 9.68. The van der Waals surface area contributed by atoms with Gasteiger partial charge in [-0.2, -0.15) is 4.98 Å². The zero-order valence-electron chi connectivity index (χ0n) is 17.6. The lowest BCUT2D eigenvalue weighted by molar-refractivity contribution is 0.248. The summed E-state index contributed by atoms with van der Waals surface area (Å²) in [5.74, 6) is 2.46. The van der Waals surface area contributed by atoms with Crippen molar-refractivity contribution in [2.45, 2.75) is 19.9 Å². The number of aliphatic hydroxyl groups is 1. The largest absolute Gasteiger partial charge is 0.493 e. The summed E-state index contributed by atoms with van der Waals surface area (Å²) in [6.07, 6.45) is 1.72. The average Bonchev–Trinajstić information content (AvgIpc) is 2.77. The van der Waals surface area contributed by atoms with Crippen LogP contribution in [-0.2, 0) is 0 Å². The van der Waals surface area contributed by atoms with E-state index in [9.17, 15) is 5.11 Å². The van der Waals surface area contributed by atoms with Crippen LogP contribution in [0.1, 0.15) is 13.8 Å². The third-order valence-corrected chi connectivity index (χ3v) is 4.63. The summed E-state index contributed by atoms with van der Waals surface area (Å²) < 4.78 is 10.7. The van der Waals surface area contributed by atoms with Crippen LogP contribution in [0.15, 0.2) is 48.7 Å². The van der Waals surface area contributed by atoms with E-state index in [0.717, 1.165) is 11.4 Å². The average molecular weight is 409 g/mol. The van der Waals surface area contributed by atoms with E-state index in [1.165, 1.54) is 0 Å². The molecule has 0 spiro atoms. The smallest absolute Gasteiger partial charge is 0.225 e. The molecular weight excluding hydrogens is 382 g/mol. The van der Waals surface area contributed by atoms with Crippen molar-refractivity contribution in [2.24, 2.45) is 5.92 Å². The Hall–Kier alpha value is -3.39. The molecule has 3 N–H and O–H groups in total. The quantitative estimate of drug-likeness (QED) is 0.491. The number of pyridine rings is 1. The Kier molecular flexibility index (Phi) is 7.03. The number of ether oxygens (including phenoxy) is 2. The second-order valence-electron chi connectivity index (χ2n) is 7.05. The van der Waals surface area contributed by atoms with Crippen molar-refractivity contribution in [3.8, 4) is 22.9 Å². The summed E-state index contributed by atoms with van der Waals surface area (Å²) in [6, 6.07) is 12.8. The molecule has 0 saturated heterocycles. The van der Waals surface area contributed by atoms with Gasteiger partial charge in [0.2, 0.25) is 5.95 Å². The minimum absolute atomic E-state index is 0.0206. The first-order valence-electron chi connectivity index (χ1n) is 9.71. The zero-order valence-corrected chi connectivity index (χ0v) is 17.6. The van der Waals surface area contributed by atoms with E-state index in [2.05, 4.69) is 25.6 Å². The van der Waals surface area contributed by atoms with Crippen molar-refractivity contribution in [2.75, 3.05) is 31.5 Å². The SMILES string of the molecule is COc1ccc(Nc2cc(-c3ccccn3)nc(N[C@@H](CO)C(C)C)n2)cc1OC. The van der Waals surface area contributed by atoms with Gasteiger partial charge in [-0.1, -0.05) is 19.9 Å². The van der Waals surface area contributed by atoms with Crippen molar-refractivity contribution in [3.63, 3.8) is 0 Å². The van der Waals surface area contributed by atoms with E-state index in [4.69, 9.17) is 9.47 Å². The fourth-order valence-electron chi connectivity index (χ4n) is 2.87. The molecule has 2 aromatic heterocycles. The van der Waals surface area contributed by atoms with Crippen molar-refractivity contribution in [1.82, 2.24) is 15.0 Å². The molecule has 3 rings (SSSR count). The van der Waals surface area contributed by atoms with Crippen molar-refractivity contribution in [3.05, 3.63) is 48.7 Å². The van der Waals surface area contributed by atoms with Crippen molar-refractivity contribution < 1.29 is 14.6 Å². The van der Waals surface area contributed by atoms with Gasteiger partial charge in [-0.3, -0.25) is 4.98 Å². The summed E-state index contributed by atoms with van der Waals surface area (Å²) in [7, 11) is 3.19. The third-order valence-electron chi connectivity index (χ3n) is 4.63. The lowest BCUT2D eigenvalue weighted by Crippen LogP contribution is -2.30. The van der Waals surface area contributed by atoms with E-state index in [0.29, 0.717) is 29.0 Å². The van der Waals surface area contributed by atoms with Gasteiger partial charge < -0.3 is 25.2 Å². The summed E-state index contributed by atoms with van der Waals surface area (Å²) in [4.78, 5) is 13.6. The predicted molar refractivity (Wildman–Crippen MR) is 117 cm³/mol. The number of anilines is 3. The monoisotopic (exact) mass is 409 g/mol. The number of nitrogens with zero attached hydrogens (tertiary/aromatic N) is 3. The Bertz CT molecular complexity index is 966. The first-order chi connectivity index (χ1) is 14.5. The van der Waals surface area contributed by atoms with Crippen LogP contribution in [0.2, 0.25) is 0 Å². The number of hydrogen-bond donors (Lipinski definition) is 3. The topological polar surface area (TPSA) is 101 Å². The van der Waals surface area contributed by atoms with Crippen LogP contribution in [0.4, 0.5) is 17.5 Å². The zero-order chi connectivity index (χ0) is 21.5. The van der Waals surface area contributed by atoms with Crippen LogP contribution in [0.3, 0.4) is 0 Å². The van der Waals surface area contributed by atoms with Gasteiger partial charge in [0.15, 0.2) is 11.5 Å². The van der Waals surface area contributed by atoms with Gasteiger partial charge in [0.1, 0.15) is 5.82 Å². The molecule has 1 atom stereocenters. The van der Waals surface area contributed by atoms with Crippen LogP contribution in [-0.4, -0.2) is 46.9 Å². The maximum atomic E-state index is 9.68. The molecule has 0 unspecified atom stereocenters. The molecule has 0 amide bonds. The fraction of sp³-hybridized carbons (Fsp3) is 0.318. The highest BCUT2D eigenvalue weighted by molar-refractivity contribution is 5.67. The van der Waals surface area contributed by atoms with E-state index >= 15 is 0 Å². The maximum Gasteiger partial charge on any atom is 0.225 e. The van der Waals surface area contributed by atoms with Crippen LogP contribution in [0.25, 0.3) is 11.4 Å². The lowest BCUT2D eigenvalue weighted by Gasteiger charge is -2.20. The summed E-state index contributed by atoms with van der Waals surface area (Å²) in [5.41, 5.74) is 2.17. The van der Waals surface area contributed by atoms with Gasteiger partial charge in [-0.25, -0.2) is 4.98 Å². The minimum atomic E-state index is -0.169. The molecule has 0 aliphatic carbocycles. The molecule has 8 heteroatoms. The molecule has 0 fully saturated rings. The molecular formula is C22H27N5O3. The Morgan fingerprint density at radius 1 is 0.967 bits per heavy atom. The number of benzene rings is 1. The third kappa shape index (κ3) is 5.15. The molecule has 158 valence electrons. The number of aliphatic hydroxyl groups excluding tert-OH is 1. The Morgan fingerprint density at radius 2 is 1.77 bits per heavy atom. The molecule has 0 aliphatic rings. The van der Waals surface area contributed by atoms with Crippen molar-refractivity contribution >= 4 is 17.5 Å². The summed E-state index contributed by atoms with van der Waals surface area (Å²) in [6.45, 7) is 4.03. The number of nitrogens with one attached hydrogen (secondary N) is 2. The van der Waals surface area contributed by atoms with Crippen molar-refractivity contribution in [1.29, 1.82) is 0 Å². The fourth-order valence-corrected chi connectivity index (χ4v) is 2.87. The van der Waals surface area contributed by atoms with Gasteiger partial charge in [0.05, 0.1) is 38.3 Å². The molecule has 0 bridgehead atoms. The van der Waals surface area contributed by atoms with Gasteiger partial charge in [-0.15, -0.1) is 0 Å². The van der Waals surface area contributed by atoms with Gasteiger partial charge in [0, 0.05) is 24.0 Å². The number of rotatable bonds is 9. The molecule has 3 aromatic rings. The standard InChI is InChI=1S/C22H27N5O3/c1-14(2)18(13-28)26-22-25-17(16-7-5-6-10-23-16)12-21(27-22)24-15-8-9-19(29-3)20(11-15)30-4/h5-12,14,18,28H,13H2,1-4H3,(H2,24,25,26,27)/t18-/m0/s1. The molecule has 30 heavy (non-hydrogen) atoms. The number of methoxy groups -OCH3 is 2. The molecule has 8 nitrogen and oxygen atoms in total. The van der Waals surface area contributed by atoms with E-state index < -0.39 is 0 Å². The molecule has 0 aliphatic heterocycles. The predicted octanol–water partition coefficient (Wildman–Crippen LogP) is 3.73. The number of aromatic nitrogens is 3. The van der Waals surface area contributed by atoms with E-state index in [-0.39, 0.29) is 18.6 Å². The second-order valence-corrected chi connectivity index (χ2v) is 7.05. The molecule has 0 radical (unpaired) electrons. The van der Waals surface area contributed by atoms with E-state index in [1.807, 2.05) is 56.3 Å². The van der Waals surface area contributed by atoms with Crippen LogP contribution in [0, 0.1) is 5.92 Å². The Labute approximate surface area is 176 Å². The second kappa shape index (κ2) is 9.89. The minimum Gasteiger partial charge on any atom is -0.493 e. The highest BCUT2D eigenvalue weighted by Gasteiger charge is 2.16. The van der Waals surface area contributed by atoms with Crippen LogP contribution >= 0.6 is 0 Å². The highest BCUT2D eigenvalue weighted by atomic mass is 16.5. The lowest BCUT2D eigenvalue weighted by atomic mass is 10.1. The van der Waals surface area contributed by atoms with Crippen LogP contribution < -0.4 is 20.1 Å². The van der Waals surface area contributed by atoms with Gasteiger partial charge >= 0.3 is 0 Å². The van der Waals surface area contributed by atoms with Gasteiger partial charge in [0.25, 0.3) is 0 Å². The Morgan fingerprint density at radius 3 is 2.40 bits per heavy atom. The summed E-state index contributed by atoms with van der Waals surface area (Å²) >= 11 is 0. The highest BCUT2D eigenvalue weighted by Crippen LogP contribution is 2.31. The summed E-state index contributed by atoms with van der Waals surface area (Å²) in [5, 5.41) is 16.2. The normalized spacial score (nSPS) is 11.8. The Balaban J connectivity index is 1.97. The number of hydrogen-bond acceptors (Lipinski definition) is 8. The molecule has 2 heterocycles. The van der Waals surface area contributed by atoms with E-state index in [1.54, 1.807) is 20.4 Å². The molecule has 0 saturated carbocycles.